The van der Waals surface area contributed by atoms with Gasteiger partial charge in [-0.1, -0.05) is 17.7 Å². The first-order valence-electron chi connectivity index (χ1n) is 4.42. The fourth-order valence-electron chi connectivity index (χ4n) is 1.53. The van der Waals surface area contributed by atoms with E-state index in [2.05, 4.69) is 36.4 Å². The molecule has 0 N–H and O–H groups in total. The standard InChI is InChI=1S/C11H12ClN/c1-13-6-4-9-2-3-11(12)8-10(9)5-7-13/h2-4,6,8H,5,7H2,1H3. The summed E-state index contributed by atoms with van der Waals surface area (Å²) in [6.45, 7) is 1.06. The average molecular weight is 194 g/mol. The van der Waals surface area contributed by atoms with Gasteiger partial charge in [0.05, 0.1) is 0 Å². The molecule has 0 aromatic heterocycles. The molecular weight excluding hydrogens is 182 g/mol. The molecule has 1 nitrogen and oxygen atoms in total. The minimum atomic E-state index is 0.830. The Hall–Kier alpha value is -0.950. The zero-order chi connectivity index (χ0) is 9.26. The van der Waals surface area contributed by atoms with Crippen LogP contribution in [0.3, 0.4) is 0 Å². The largest absolute Gasteiger partial charge is 0.380 e. The van der Waals surface area contributed by atoms with Crippen molar-refractivity contribution in [2.75, 3.05) is 13.6 Å². The molecule has 0 radical (unpaired) electrons. The van der Waals surface area contributed by atoms with Crippen LogP contribution in [-0.4, -0.2) is 18.5 Å². The third-order valence-corrected chi connectivity index (χ3v) is 2.58. The Morgan fingerprint density at radius 3 is 3.08 bits per heavy atom. The summed E-state index contributed by atoms with van der Waals surface area (Å²) in [5.41, 5.74) is 2.63. The number of nitrogens with zero attached hydrogens (tertiary/aromatic N) is 1. The van der Waals surface area contributed by atoms with Crippen LogP contribution in [0.1, 0.15) is 11.1 Å². The van der Waals surface area contributed by atoms with Crippen LogP contribution in [0.25, 0.3) is 6.08 Å². The molecule has 68 valence electrons. The van der Waals surface area contributed by atoms with Crippen molar-refractivity contribution in [2.45, 2.75) is 6.42 Å². The third-order valence-electron chi connectivity index (χ3n) is 2.35. The minimum Gasteiger partial charge on any atom is -0.380 e. The van der Waals surface area contributed by atoms with Gasteiger partial charge in [-0.15, -0.1) is 0 Å². The maximum atomic E-state index is 5.93. The van der Waals surface area contributed by atoms with Gasteiger partial charge in [0.25, 0.3) is 0 Å². The van der Waals surface area contributed by atoms with Crippen LogP contribution in [0, 0.1) is 0 Å². The van der Waals surface area contributed by atoms with Gasteiger partial charge in [-0.3, -0.25) is 0 Å². The molecule has 0 unspecified atom stereocenters. The van der Waals surface area contributed by atoms with Gasteiger partial charge < -0.3 is 4.90 Å². The number of benzene rings is 1. The summed E-state index contributed by atoms with van der Waals surface area (Å²) in [6, 6.07) is 6.07. The lowest BCUT2D eigenvalue weighted by Crippen LogP contribution is -2.12. The highest BCUT2D eigenvalue weighted by atomic mass is 35.5. The van der Waals surface area contributed by atoms with Crippen LogP contribution in [0.15, 0.2) is 24.4 Å². The number of likely N-dealkylation sites (N-methyl/N-ethyl adjacent to an activating group) is 1. The monoisotopic (exact) mass is 193 g/mol. The van der Waals surface area contributed by atoms with E-state index >= 15 is 0 Å². The molecule has 1 aromatic carbocycles. The average Bonchev–Trinajstić information content (AvgIpc) is 2.29. The van der Waals surface area contributed by atoms with Crippen LogP contribution in [0.2, 0.25) is 5.02 Å². The van der Waals surface area contributed by atoms with E-state index < -0.39 is 0 Å². The second-order valence-electron chi connectivity index (χ2n) is 3.39. The molecule has 0 amide bonds. The van der Waals surface area contributed by atoms with E-state index in [1.165, 1.54) is 11.1 Å². The Morgan fingerprint density at radius 1 is 1.38 bits per heavy atom. The molecule has 1 aromatic rings. The molecule has 0 spiro atoms. The summed E-state index contributed by atoms with van der Waals surface area (Å²) >= 11 is 5.93. The Labute approximate surface area is 83.6 Å². The molecule has 2 heteroatoms. The fourth-order valence-corrected chi connectivity index (χ4v) is 1.73. The van der Waals surface area contributed by atoms with Gasteiger partial charge in [-0.2, -0.15) is 0 Å². The van der Waals surface area contributed by atoms with Gasteiger partial charge in [-0.25, -0.2) is 0 Å². The molecule has 1 heterocycles. The van der Waals surface area contributed by atoms with E-state index in [1.54, 1.807) is 0 Å². The van der Waals surface area contributed by atoms with E-state index in [0.29, 0.717) is 0 Å². The van der Waals surface area contributed by atoms with E-state index in [0.717, 1.165) is 18.0 Å². The second-order valence-corrected chi connectivity index (χ2v) is 3.83. The van der Waals surface area contributed by atoms with Crippen molar-refractivity contribution in [3.63, 3.8) is 0 Å². The van der Waals surface area contributed by atoms with Crippen LogP contribution in [0.5, 0.6) is 0 Å². The van der Waals surface area contributed by atoms with Gasteiger partial charge in [0, 0.05) is 18.6 Å². The fraction of sp³-hybridized carbons (Fsp3) is 0.273. The molecular formula is C11H12ClN. The van der Waals surface area contributed by atoms with E-state index in [9.17, 15) is 0 Å². The topological polar surface area (TPSA) is 3.24 Å². The lowest BCUT2D eigenvalue weighted by Gasteiger charge is -2.10. The maximum absolute atomic E-state index is 5.93. The first kappa shape index (κ1) is 8.64. The minimum absolute atomic E-state index is 0.830. The van der Waals surface area contributed by atoms with Crippen molar-refractivity contribution >= 4 is 17.7 Å². The zero-order valence-corrected chi connectivity index (χ0v) is 8.38. The third kappa shape index (κ3) is 1.86. The zero-order valence-electron chi connectivity index (χ0n) is 7.63. The van der Waals surface area contributed by atoms with Crippen molar-refractivity contribution in [3.8, 4) is 0 Å². The highest BCUT2D eigenvalue weighted by molar-refractivity contribution is 6.30. The smallest absolute Gasteiger partial charge is 0.0409 e. The van der Waals surface area contributed by atoms with Crippen LogP contribution in [-0.2, 0) is 6.42 Å². The van der Waals surface area contributed by atoms with Gasteiger partial charge in [0.2, 0.25) is 0 Å². The molecule has 13 heavy (non-hydrogen) atoms. The van der Waals surface area contributed by atoms with Gasteiger partial charge in [0.15, 0.2) is 0 Å². The summed E-state index contributed by atoms with van der Waals surface area (Å²) in [5.74, 6) is 0. The van der Waals surface area contributed by atoms with Crippen LogP contribution < -0.4 is 0 Å². The number of hydrogen-bond donors (Lipinski definition) is 0. The van der Waals surface area contributed by atoms with Crippen molar-refractivity contribution in [3.05, 3.63) is 40.5 Å². The molecule has 0 bridgehead atoms. The number of fused-ring (bicyclic) bond motifs is 1. The molecule has 0 saturated heterocycles. The predicted octanol–water partition coefficient (Wildman–Crippen LogP) is 2.80. The summed E-state index contributed by atoms with van der Waals surface area (Å²) in [5, 5.41) is 0.830. The van der Waals surface area contributed by atoms with Crippen molar-refractivity contribution in [1.29, 1.82) is 0 Å². The summed E-state index contributed by atoms with van der Waals surface area (Å²) in [7, 11) is 2.09. The Morgan fingerprint density at radius 2 is 2.23 bits per heavy atom. The highest BCUT2D eigenvalue weighted by Crippen LogP contribution is 2.20. The summed E-state index contributed by atoms with van der Waals surface area (Å²) in [6.07, 6.45) is 5.32. The number of hydrogen-bond acceptors (Lipinski definition) is 1. The first-order chi connectivity index (χ1) is 6.25. The molecule has 0 aliphatic carbocycles. The van der Waals surface area contributed by atoms with Gasteiger partial charge >= 0.3 is 0 Å². The summed E-state index contributed by atoms with van der Waals surface area (Å²) in [4.78, 5) is 2.19. The Bertz CT molecular complexity index is 344. The van der Waals surface area contributed by atoms with E-state index in [1.807, 2.05) is 6.07 Å². The lowest BCUT2D eigenvalue weighted by molar-refractivity contribution is 0.466. The van der Waals surface area contributed by atoms with Crippen molar-refractivity contribution in [2.24, 2.45) is 0 Å². The molecule has 2 rings (SSSR count). The number of rotatable bonds is 0. The molecule has 0 fully saturated rings. The molecule has 0 atom stereocenters. The Kier molecular flexibility index (Phi) is 2.28. The first-order valence-corrected chi connectivity index (χ1v) is 4.80. The Balaban J connectivity index is 2.41. The molecule has 1 aliphatic rings. The second kappa shape index (κ2) is 3.43. The van der Waals surface area contributed by atoms with Gasteiger partial charge in [0.1, 0.15) is 0 Å². The number of halogens is 1. The molecule has 0 saturated carbocycles. The lowest BCUT2D eigenvalue weighted by atomic mass is 10.1. The SMILES string of the molecule is CN1C=Cc2ccc(Cl)cc2CC1. The van der Waals surface area contributed by atoms with Gasteiger partial charge in [-0.05, 0) is 42.0 Å². The normalized spacial score (nSPS) is 15.4. The van der Waals surface area contributed by atoms with E-state index in [4.69, 9.17) is 11.6 Å². The van der Waals surface area contributed by atoms with E-state index in [-0.39, 0.29) is 0 Å². The quantitative estimate of drug-likeness (QED) is 0.613. The highest BCUT2D eigenvalue weighted by Gasteiger charge is 2.05. The predicted molar refractivity (Wildman–Crippen MR) is 56.8 cm³/mol. The van der Waals surface area contributed by atoms with Crippen molar-refractivity contribution < 1.29 is 0 Å². The summed E-state index contributed by atoms with van der Waals surface area (Å²) < 4.78 is 0. The van der Waals surface area contributed by atoms with Crippen molar-refractivity contribution in [1.82, 2.24) is 4.90 Å². The maximum Gasteiger partial charge on any atom is 0.0409 e. The molecule has 1 aliphatic heterocycles. The van der Waals surface area contributed by atoms with Crippen LogP contribution in [0.4, 0.5) is 0 Å². The van der Waals surface area contributed by atoms with Crippen LogP contribution >= 0.6 is 11.6 Å².